The highest BCUT2D eigenvalue weighted by molar-refractivity contribution is 5.69. The van der Waals surface area contributed by atoms with E-state index >= 15 is 0 Å². The summed E-state index contributed by atoms with van der Waals surface area (Å²) in [5, 5.41) is 13.4. The molecule has 4 unspecified atom stereocenters. The maximum Gasteiger partial charge on any atom is 0.306 e. The van der Waals surface area contributed by atoms with Crippen molar-refractivity contribution in [3.05, 3.63) is 12.2 Å². The number of fused-ring (bicyclic) bond motifs is 3. The molecule has 2 aliphatic rings. The van der Waals surface area contributed by atoms with Crippen LogP contribution in [-0.4, -0.2) is 27.3 Å². The van der Waals surface area contributed by atoms with Crippen LogP contribution in [0.15, 0.2) is 6.33 Å². The predicted octanol–water partition coefficient (Wildman–Crippen LogP) is 1.81. The van der Waals surface area contributed by atoms with Crippen molar-refractivity contribution in [3.63, 3.8) is 0 Å². The van der Waals surface area contributed by atoms with Gasteiger partial charge in [0, 0.05) is 18.8 Å². The molecule has 1 fully saturated rings. The van der Waals surface area contributed by atoms with Crippen molar-refractivity contribution in [2.24, 2.45) is 11.8 Å². The normalized spacial score (nSPS) is 30.6. The van der Waals surface area contributed by atoms with Crippen molar-refractivity contribution in [2.45, 2.75) is 44.6 Å². The Morgan fingerprint density at radius 1 is 1.60 bits per heavy atom. The van der Waals surface area contributed by atoms with E-state index in [0.29, 0.717) is 31.4 Å². The summed E-state index contributed by atoms with van der Waals surface area (Å²) in [7, 11) is 0. The highest BCUT2D eigenvalue weighted by Crippen LogP contribution is 2.54. The number of hydrogen-bond donors (Lipinski definition) is 0. The molecule has 1 aromatic rings. The average molecular weight is 274 g/mol. The predicted molar refractivity (Wildman–Crippen MR) is 69.5 cm³/mol. The first kappa shape index (κ1) is 13.1. The molecule has 0 N–H and O–H groups in total. The summed E-state index contributed by atoms with van der Waals surface area (Å²) < 4.78 is 7.03. The van der Waals surface area contributed by atoms with Crippen LogP contribution in [0, 0.1) is 23.2 Å². The molecule has 0 spiro atoms. The molecule has 106 valence electrons. The number of nitriles is 1. The highest BCUT2D eigenvalue weighted by atomic mass is 16.5. The van der Waals surface area contributed by atoms with Crippen LogP contribution < -0.4 is 0 Å². The lowest BCUT2D eigenvalue weighted by molar-refractivity contribution is -0.144. The van der Waals surface area contributed by atoms with Gasteiger partial charge in [-0.2, -0.15) is 10.4 Å². The fourth-order valence-electron chi connectivity index (χ4n) is 3.92. The van der Waals surface area contributed by atoms with Gasteiger partial charge < -0.3 is 4.74 Å². The zero-order valence-electron chi connectivity index (χ0n) is 11.5. The Hall–Kier alpha value is -1.90. The van der Waals surface area contributed by atoms with Gasteiger partial charge in [0.2, 0.25) is 0 Å². The van der Waals surface area contributed by atoms with Gasteiger partial charge in [0.25, 0.3) is 0 Å². The quantitative estimate of drug-likeness (QED) is 0.782. The van der Waals surface area contributed by atoms with E-state index in [-0.39, 0.29) is 17.8 Å². The van der Waals surface area contributed by atoms with Gasteiger partial charge in [-0.1, -0.05) is 0 Å². The van der Waals surface area contributed by atoms with E-state index in [1.165, 1.54) is 0 Å². The van der Waals surface area contributed by atoms with E-state index in [4.69, 9.17) is 10.00 Å². The Kier molecular flexibility index (Phi) is 3.43. The summed E-state index contributed by atoms with van der Waals surface area (Å²) in [6.07, 6.45) is 4.46. The second-order valence-corrected chi connectivity index (χ2v) is 5.52. The number of nitrogens with zero attached hydrogens (tertiary/aromatic N) is 4. The number of carbonyl (C=O) groups is 1. The number of esters is 1. The van der Waals surface area contributed by atoms with Crippen LogP contribution in [0.25, 0.3) is 0 Å². The topological polar surface area (TPSA) is 80.8 Å². The summed E-state index contributed by atoms with van der Waals surface area (Å²) >= 11 is 0. The molecule has 4 atom stereocenters. The van der Waals surface area contributed by atoms with E-state index in [2.05, 4.69) is 16.2 Å². The van der Waals surface area contributed by atoms with Crippen molar-refractivity contribution in [1.29, 1.82) is 5.26 Å². The first-order chi connectivity index (χ1) is 9.76. The van der Waals surface area contributed by atoms with Crippen LogP contribution in [-0.2, 0) is 9.53 Å². The van der Waals surface area contributed by atoms with Gasteiger partial charge >= 0.3 is 5.97 Å². The maximum absolute atomic E-state index is 11.7. The van der Waals surface area contributed by atoms with E-state index in [9.17, 15) is 4.79 Å². The van der Waals surface area contributed by atoms with Crippen LogP contribution in [0.5, 0.6) is 0 Å². The first-order valence-electron chi connectivity index (χ1n) is 7.18. The molecule has 6 heteroatoms. The SMILES string of the molecule is CCOC(=O)CC1CCC2C1C(CC#N)c1ncnn12. The maximum atomic E-state index is 11.7. The molecule has 3 rings (SSSR count). The van der Waals surface area contributed by atoms with Gasteiger partial charge in [0.1, 0.15) is 12.2 Å². The van der Waals surface area contributed by atoms with Gasteiger partial charge in [-0.3, -0.25) is 4.79 Å². The Morgan fingerprint density at radius 3 is 3.20 bits per heavy atom. The summed E-state index contributed by atoms with van der Waals surface area (Å²) in [6.45, 7) is 2.24. The van der Waals surface area contributed by atoms with E-state index < -0.39 is 0 Å². The van der Waals surface area contributed by atoms with Gasteiger partial charge in [-0.05, 0) is 31.6 Å². The van der Waals surface area contributed by atoms with Crippen molar-refractivity contribution in [1.82, 2.24) is 14.8 Å². The molecule has 0 aromatic carbocycles. The molecule has 2 heterocycles. The Bertz CT molecular complexity index is 548. The van der Waals surface area contributed by atoms with E-state index in [1.807, 2.05) is 11.6 Å². The summed E-state index contributed by atoms with van der Waals surface area (Å²) in [5.41, 5.74) is 0. The molecule has 0 radical (unpaired) electrons. The average Bonchev–Trinajstić information content (AvgIpc) is 3.07. The molecule has 0 saturated heterocycles. The fourth-order valence-corrected chi connectivity index (χ4v) is 3.92. The van der Waals surface area contributed by atoms with E-state index in [0.717, 1.165) is 18.7 Å². The van der Waals surface area contributed by atoms with Gasteiger partial charge in [-0.25, -0.2) is 9.67 Å². The minimum Gasteiger partial charge on any atom is -0.466 e. The number of aromatic nitrogens is 3. The molecule has 1 saturated carbocycles. The molecule has 0 bridgehead atoms. The third kappa shape index (κ3) is 1.98. The van der Waals surface area contributed by atoms with Crippen molar-refractivity contribution in [3.8, 4) is 6.07 Å². The molecular formula is C14H18N4O2. The fraction of sp³-hybridized carbons (Fsp3) is 0.714. The summed E-state index contributed by atoms with van der Waals surface area (Å²) in [4.78, 5) is 16.1. The van der Waals surface area contributed by atoms with Gasteiger partial charge in [0.05, 0.1) is 18.7 Å². The van der Waals surface area contributed by atoms with Crippen LogP contribution in [0.4, 0.5) is 0 Å². The standard InChI is InChI=1S/C14H18N4O2/c1-2-20-12(19)7-9-3-4-11-13(9)10(5-6-15)14-16-8-17-18(11)14/h8-11,13H,2-5,7H2,1H3. The number of carbonyl (C=O) groups excluding carboxylic acids is 1. The van der Waals surface area contributed by atoms with Crippen LogP contribution in [0.2, 0.25) is 0 Å². The second-order valence-electron chi connectivity index (χ2n) is 5.52. The lowest BCUT2D eigenvalue weighted by atomic mass is 9.81. The molecule has 0 amide bonds. The van der Waals surface area contributed by atoms with Crippen LogP contribution in [0.1, 0.15) is 50.4 Å². The molecule has 1 aliphatic carbocycles. The van der Waals surface area contributed by atoms with Crippen molar-refractivity contribution in [2.75, 3.05) is 6.61 Å². The minimum atomic E-state index is -0.133. The Balaban J connectivity index is 1.80. The minimum absolute atomic E-state index is 0.106. The third-order valence-electron chi connectivity index (χ3n) is 4.58. The monoisotopic (exact) mass is 274 g/mol. The third-order valence-corrected chi connectivity index (χ3v) is 4.58. The lowest BCUT2D eigenvalue weighted by Crippen LogP contribution is -2.21. The van der Waals surface area contributed by atoms with Gasteiger partial charge in [0.15, 0.2) is 0 Å². The number of hydrogen-bond acceptors (Lipinski definition) is 5. The summed E-state index contributed by atoms with van der Waals surface area (Å²) in [6, 6.07) is 2.55. The van der Waals surface area contributed by atoms with Crippen LogP contribution >= 0.6 is 0 Å². The molecular weight excluding hydrogens is 256 g/mol. The highest BCUT2D eigenvalue weighted by Gasteiger charge is 2.50. The lowest BCUT2D eigenvalue weighted by Gasteiger charge is -2.22. The zero-order valence-corrected chi connectivity index (χ0v) is 11.5. The number of rotatable bonds is 4. The summed E-state index contributed by atoms with van der Waals surface area (Å²) in [5.74, 6) is 1.46. The van der Waals surface area contributed by atoms with Gasteiger partial charge in [-0.15, -0.1) is 0 Å². The number of ether oxygens (including phenoxy) is 1. The Labute approximate surface area is 117 Å². The molecule has 1 aliphatic heterocycles. The van der Waals surface area contributed by atoms with E-state index in [1.54, 1.807) is 6.33 Å². The molecule has 20 heavy (non-hydrogen) atoms. The first-order valence-corrected chi connectivity index (χ1v) is 7.18. The van der Waals surface area contributed by atoms with Crippen LogP contribution in [0.3, 0.4) is 0 Å². The Morgan fingerprint density at radius 2 is 2.45 bits per heavy atom. The second kappa shape index (κ2) is 5.23. The van der Waals surface area contributed by atoms with Crippen molar-refractivity contribution < 1.29 is 9.53 Å². The smallest absolute Gasteiger partial charge is 0.306 e. The zero-order chi connectivity index (χ0) is 14.1. The molecule has 6 nitrogen and oxygen atoms in total. The molecule has 1 aromatic heterocycles. The van der Waals surface area contributed by atoms with Crippen molar-refractivity contribution >= 4 is 5.97 Å². The largest absolute Gasteiger partial charge is 0.466 e.